The number of pyridine rings is 1. The molecule has 0 radical (unpaired) electrons. The first kappa shape index (κ1) is 28.2. The van der Waals surface area contributed by atoms with Crippen LogP contribution < -0.4 is 25.3 Å². The van der Waals surface area contributed by atoms with E-state index >= 15 is 0 Å². The van der Waals surface area contributed by atoms with Crippen LogP contribution in [0.25, 0.3) is 11.1 Å². The van der Waals surface area contributed by atoms with E-state index in [2.05, 4.69) is 22.4 Å². The zero-order valence-corrected chi connectivity index (χ0v) is 22.7. The Kier molecular flexibility index (Phi) is 9.42. The first-order chi connectivity index (χ1) is 18.3. The van der Waals surface area contributed by atoms with Crippen LogP contribution in [0.3, 0.4) is 0 Å². The van der Waals surface area contributed by atoms with E-state index in [0.717, 1.165) is 17.3 Å². The van der Waals surface area contributed by atoms with Gasteiger partial charge in [0.1, 0.15) is 28.5 Å². The van der Waals surface area contributed by atoms with Crippen molar-refractivity contribution < 1.29 is 19.0 Å². The van der Waals surface area contributed by atoms with Crippen molar-refractivity contribution in [3.05, 3.63) is 59.2 Å². The van der Waals surface area contributed by atoms with E-state index < -0.39 is 5.25 Å². The number of carbonyl (C=O) groups excluding carboxylic acids is 1. The molecule has 0 fully saturated rings. The normalized spacial score (nSPS) is 12.0. The minimum absolute atomic E-state index is 0.0374. The van der Waals surface area contributed by atoms with E-state index in [4.69, 9.17) is 19.9 Å². The predicted octanol–water partition coefficient (Wildman–Crippen LogP) is 4.85. The number of nitrogen functional groups attached to an aromatic ring is 1. The Bertz CT molecular complexity index is 1370. The molecule has 0 spiro atoms. The van der Waals surface area contributed by atoms with Gasteiger partial charge in [0, 0.05) is 5.56 Å². The van der Waals surface area contributed by atoms with E-state index in [0.29, 0.717) is 29.2 Å². The zero-order chi connectivity index (χ0) is 27.8. The first-order valence-corrected chi connectivity index (χ1v) is 12.7. The smallest absolute Gasteiger partial charge is 0.234 e. The molecule has 9 nitrogen and oxygen atoms in total. The molecule has 0 aliphatic carbocycles. The molecule has 38 heavy (non-hydrogen) atoms. The molecule has 0 saturated heterocycles. The topological polar surface area (TPSA) is 143 Å². The fourth-order valence-electron chi connectivity index (χ4n) is 3.99. The maximum absolute atomic E-state index is 13.2. The number of anilines is 1. The Balaban J connectivity index is 2.08. The van der Waals surface area contributed by atoms with Crippen molar-refractivity contribution in [3.8, 4) is 40.5 Å². The SMILES string of the molecule is CC[C@H](Sc1nc(N)c(C#N)c(-c2cc(OC)c(OC)c(OC)c2)c1C#N)C(=O)N[C@H](C)c1ccccc1. The van der Waals surface area contributed by atoms with E-state index in [-0.39, 0.29) is 39.5 Å². The predicted molar refractivity (Wildman–Crippen MR) is 146 cm³/mol. The number of thioether (sulfide) groups is 1. The molecule has 0 aliphatic rings. The van der Waals surface area contributed by atoms with Crippen LogP contribution in [0.2, 0.25) is 0 Å². The van der Waals surface area contributed by atoms with Crippen molar-refractivity contribution in [3.63, 3.8) is 0 Å². The van der Waals surface area contributed by atoms with E-state index in [1.807, 2.05) is 44.2 Å². The number of nitrogens with zero attached hydrogens (tertiary/aromatic N) is 3. The number of benzene rings is 2. The highest BCUT2D eigenvalue weighted by Gasteiger charge is 2.27. The average molecular weight is 532 g/mol. The molecule has 2 atom stereocenters. The van der Waals surface area contributed by atoms with Gasteiger partial charge in [0.15, 0.2) is 11.5 Å². The van der Waals surface area contributed by atoms with Gasteiger partial charge in [-0.05, 0) is 36.6 Å². The second-order valence-corrected chi connectivity index (χ2v) is 9.41. The van der Waals surface area contributed by atoms with Gasteiger partial charge >= 0.3 is 0 Å². The summed E-state index contributed by atoms with van der Waals surface area (Å²) in [6, 6.07) is 16.9. The van der Waals surface area contributed by atoms with Gasteiger partial charge < -0.3 is 25.3 Å². The molecule has 10 heteroatoms. The summed E-state index contributed by atoms with van der Waals surface area (Å²) in [5.74, 6) is 0.810. The van der Waals surface area contributed by atoms with Gasteiger partial charge in [0.25, 0.3) is 0 Å². The lowest BCUT2D eigenvalue weighted by atomic mass is 9.96. The van der Waals surface area contributed by atoms with Gasteiger partial charge in [-0.25, -0.2) is 4.98 Å². The van der Waals surface area contributed by atoms with Crippen LogP contribution in [-0.2, 0) is 4.79 Å². The van der Waals surface area contributed by atoms with Gasteiger partial charge in [-0.1, -0.05) is 49.0 Å². The van der Waals surface area contributed by atoms with E-state index in [1.54, 1.807) is 12.1 Å². The highest BCUT2D eigenvalue weighted by molar-refractivity contribution is 8.00. The lowest BCUT2D eigenvalue weighted by Crippen LogP contribution is -2.34. The van der Waals surface area contributed by atoms with Gasteiger partial charge in [-0.15, -0.1) is 0 Å². The lowest BCUT2D eigenvalue weighted by Gasteiger charge is -2.21. The number of carbonyl (C=O) groups is 1. The summed E-state index contributed by atoms with van der Waals surface area (Å²) in [5.41, 5.74) is 8.06. The van der Waals surface area contributed by atoms with Crippen molar-refractivity contribution in [1.29, 1.82) is 10.5 Å². The molecule has 0 unspecified atom stereocenters. The molecule has 196 valence electrons. The molecule has 3 aromatic rings. The number of hydrogen-bond acceptors (Lipinski definition) is 9. The van der Waals surface area contributed by atoms with Crippen LogP contribution in [0.1, 0.15) is 43.0 Å². The summed E-state index contributed by atoms with van der Waals surface area (Å²) in [6.45, 7) is 3.79. The van der Waals surface area contributed by atoms with Gasteiger partial charge in [0.05, 0.1) is 38.2 Å². The van der Waals surface area contributed by atoms with Gasteiger partial charge in [-0.2, -0.15) is 10.5 Å². The highest BCUT2D eigenvalue weighted by Crippen LogP contribution is 2.44. The molecule has 0 saturated carbocycles. The van der Waals surface area contributed by atoms with Crippen LogP contribution in [0.4, 0.5) is 5.82 Å². The molecule has 3 N–H and O–H groups in total. The minimum Gasteiger partial charge on any atom is -0.493 e. The highest BCUT2D eigenvalue weighted by atomic mass is 32.2. The minimum atomic E-state index is -0.555. The zero-order valence-electron chi connectivity index (χ0n) is 21.9. The van der Waals surface area contributed by atoms with Crippen molar-refractivity contribution >= 4 is 23.5 Å². The summed E-state index contributed by atoms with van der Waals surface area (Å²) in [6.07, 6.45) is 0.476. The van der Waals surface area contributed by atoms with Crippen molar-refractivity contribution in [2.24, 2.45) is 0 Å². The van der Waals surface area contributed by atoms with Crippen LogP contribution in [0.5, 0.6) is 17.2 Å². The van der Waals surface area contributed by atoms with Crippen LogP contribution in [0, 0.1) is 22.7 Å². The van der Waals surface area contributed by atoms with Crippen LogP contribution in [-0.4, -0.2) is 37.5 Å². The molecule has 0 aliphatic heterocycles. The number of nitriles is 2. The van der Waals surface area contributed by atoms with Crippen molar-refractivity contribution in [2.45, 2.75) is 36.6 Å². The number of nitrogens with two attached hydrogens (primary N) is 1. The maximum Gasteiger partial charge on any atom is 0.234 e. The van der Waals surface area contributed by atoms with Gasteiger partial charge in [-0.3, -0.25) is 4.79 Å². The lowest BCUT2D eigenvalue weighted by molar-refractivity contribution is -0.121. The van der Waals surface area contributed by atoms with E-state index in [1.165, 1.54) is 21.3 Å². The summed E-state index contributed by atoms with van der Waals surface area (Å²) in [7, 11) is 4.43. The average Bonchev–Trinajstić information content (AvgIpc) is 2.94. The van der Waals surface area contributed by atoms with Gasteiger partial charge in [0.2, 0.25) is 11.7 Å². The molecule has 1 heterocycles. The fourth-order valence-corrected chi connectivity index (χ4v) is 5.01. The molecular formula is C28H29N5O4S. The Morgan fingerprint density at radius 3 is 2.16 bits per heavy atom. The summed E-state index contributed by atoms with van der Waals surface area (Å²) < 4.78 is 16.3. The third kappa shape index (κ3) is 5.77. The van der Waals surface area contributed by atoms with Crippen molar-refractivity contribution in [2.75, 3.05) is 27.1 Å². The summed E-state index contributed by atoms with van der Waals surface area (Å²) in [5, 5.41) is 22.8. The second kappa shape index (κ2) is 12.7. The molecule has 3 rings (SSSR count). The standard InChI is InChI=1S/C28H29N5O4S/c1-6-23(27(34)32-16(2)17-10-8-7-9-11-17)38-28-20(15-30)24(19(14-29)26(31)33-28)18-12-21(35-3)25(37-5)22(13-18)36-4/h7-13,16,23H,6H2,1-5H3,(H2,31,33)(H,32,34)/t16-,23+/m1/s1. The first-order valence-electron chi connectivity index (χ1n) is 11.8. The van der Waals surface area contributed by atoms with E-state index in [9.17, 15) is 15.3 Å². The molecular weight excluding hydrogens is 502 g/mol. The number of ether oxygens (including phenoxy) is 3. The maximum atomic E-state index is 13.2. The molecule has 2 aromatic carbocycles. The Hall–Kier alpha value is -4.41. The summed E-state index contributed by atoms with van der Waals surface area (Å²) in [4.78, 5) is 17.5. The quantitative estimate of drug-likeness (QED) is 0.351. The number of amides is 1. The van der Waals surface area contributed by atoms with Crippen molar-refractivity contribution in [1.82, 2.24) is 10.3 Å². The molecule has 1 aromatic heterocycles. The fraction of sp³-hybridized carbons (Fsp3) is 0.286. The Labute approximate surface area is 226 Å². The number of rotatable bonds is 10. The molecule has 1 amide bonds. The number of nitrogens with one attached hydrogen (secondary N) is 1. The largest absolute Gasteiger partial charge is 0.493 e. The second-order valence-electron chi connectivity index (χ2n) is 8.22. The number of methoxy groups -OCH3 is 3. The third-order valence-corrected chi connectivity index (χ3v) is 7.30. The number of aromatic nitrogens is 1. The molecule has 0 bridgehead atoms. The van der Waals surface area contributed by atoms with Crippen LogP contribution in [0.15, 0.2) is 47.5 Å². The third-order valence-electron chi connectivity index (χ3n) is 5.94. The Morgan fingerprint density at radius 1 is 1.05 bits per heavy atom. The Morgan fingerprint density at radius 2 is 1.66 bits per heavy atom. The summed E-state index contributed by atoms with van der Waals surface area (Å²) >= 11 is 1.13. The monoisotopic (exact) mass is 531 g/mol. The van der Waals surface area contributed by atoms with Crippen LogP contribution >= 0.6 is 11.8 Å². The number of hydrogen-bond donors (Lipinski definition) is 2.